The molecule has 2 aromatic carbocycles. The standard InChI is InChI=1S/C18H15ClN2O4/c19-14-7-12(8-20)5-6-15(14)24-11-18(22)21-9-13-10-23-16-3-1-2-4-17(16)25-13/h1-7,13H,9-11H2,(H,21,22)/t13-/m0/s1. The zero-order chi connectivity index (χ0) is 17.6. The highest BCUT2D eigenvalue weighted by atomic mass is 35.5. The van der Waals surface area contributed by atoms with Gasteiger partial charge in [0.1, 0.15) is 18.5 Å². The van der Waals surface area contributed by atoms with Crippen molar-refractivity contribution in [2.24, 2.45) is 0 Å². The lowest BCUT2D eigenvalue weighted by Gasteiger charge is -2.26. The van der Waals surface area contributed by atoms with Crippen LogP contribution >= 0.6 is 11.6 Å². The Kier molecular flexibility index (Phi) is 5.26. The van der Waals surface area contributed by atoms with Crippen LogP contribution in [0, 0.1) is 11.3 Å². The van der Waals surface area contributed by atoms with E-state index < -0.39 is 0 Å². The highest BCUT2D eigenvalue weighted by Crippen LogP contribution is 2.30. The largest absolute Gasteiger partial charge is 0.486 e. The van der Waals surface area contributed by atoms with Crippen molar-refractivity contribution < 1.29 is 19.0 Å². The number of nitrogens with zero attached hydrogens (tertiary/aromatic N) is 1. The summed E-state index contributed by atoms with van der Waals surface area (Å²) in [5, 5.41) is 11.8. The molecule has 1 aliphatic rings. The minimum Gasteiger partial charge on any atom is -0.486 e. The lowest BCUT2D eigenvalue weighted by molar-refractivity contribution is -0.123. The molecule has 0 bridgehead atoms. The van der Waals surface area contributed by atoms with Gasteiger partial charge < -0.3 is 19.5 Å². The first kappa shape index (κ1) is 16.9. The van der Waals surface area contributed by atoms with Crippen LogP contribution in [0.1, 0.15) is 5.56 Å². The van der Waals surface area contributed by atoms with Crippen molar-refractivity contribution in [3.63, 3.8) is 0 Å². The van der Waals surface area contributed by atoms with Gasteiger partial charge in [0.25, 0.3) is 5.91 Å². The maximum Gasteiger partial charge on any atom is 0.258 e. The van der Waals surface area contributed by atoms with Gasteiger partial charge in [-0.3, -0.25) is 4.79 Å². The molecule has 6 nitrogen and oxygen atoms in total. The number of ether oxygens (including phenoxy) is 3. The molecule has 0 aliphatic carbocycles. The summed E-state index contributed by atoms with van der Waals surface area (Å²) in [6.07, 6.45) is -0.266. The molecule has 1 aliphatic heterocycles. The summed E-state index contributed by atoms with van der Waals surface area (Å²) in [5.41, 5.74) is 0.427. The van der Waals surface area contributed by atoms with Crippen LogP contribution in [0.4, 0.5) is 0 Å². The van der Waals surface area contributed by atoms with E-state index in [2.05, 4.69) is 5.32 Å². The van der Waals surface area contributed by atoms with Crippen LogP contribution < -0.4 is 19.5 Å². The number of para-hydroxylation sites is 2. The fourth-order valence-corrected chi connectivity index (χ4v) is 2.51. The van der Waals surface area contributed by atoms with Gasteiger partial charge in [-0.1, -0.05) is 23.7 Å². The summed E-state index contributed by atoms with van der Waals surface area (Å²) in [6, 6.07) is 14.0. The third kappa shape index (κ3) is 4.34. The van der Waals surface area contributed by atoms with Crippen LogP contribution in [-0.4, -0.2) is 31.8 Å². The van der Waals surface area contributed by atoms with Gasteiger partial charge in [0.15, 0.2) is 18.1 Å². The van der Waals surface area contributed by atoms with Crippen LogP contribution in [0.3, 0.4) is 0 Å². The van der Waals surface area contributed by atoms with Gasteiger partial charge in [0.2, 0.25) is 0 Å². The Morgan fingerprint density at radius 3 is 2.88 bits per heavy atom. The second-order valence-electron chi connectivity index (χ2n) is 5.35. The van der Waals surface area contributed by atoms with E-state index in [1.165, 1.54) is 6.07 Å². The molecule has 2 aromatic rings. The van der Waals surface area contributed by atoms with Gasteiger partial charge in [0, 0.05) is 0 Å². The summed E-state index contributed by atoms with van der Waals surface area (Å²) in [5.74, 6) is 1.40. The smallest absolute Gasteiger partial charge is 0.258 e. The number of halogens is 1. The summed E-state index contributed by atoms with van der Waals surface area (Å²) >= 11 is 5.99. The number of hydrogen-bond donors (Lipinski definition) is 1. The minimum absolute atomic E-state index is 0.185. The Bertz CT molecular complexity index is 819. The van der Waals surface area contributed by atoms with Crippen molar-refractivity contribution in [2.75, 3.05) is 19.8 Å². The van der Waals surface area contributed by atoms with Gasteiger partial charge >= 0.3 is 0 Å². The predicted octanol–water partition coefficient (Wildman–Crippen LogP) is 2.55. The molecule has 0 saturated heterocycles. The van der Waals surface area contributed by atoms with E-state index in [4.69, 9.17) is 31.1 Å². The second kappa shape index (κ2) is 7.77. The first-order valence-electron chi connectivity index (χ1n) is 7.63. The number of rotatable bonds is 5. The van der Waals surface area contributed by atoms with Gasteiger partial charge in [0.05, 0.1) is 23.2 Å². The molecule has 0 spiro atoms. The molecule has 0 unspecified atom stereocenters. The molecule has 25 heavy (non-hydrogen) atoms. The quantitative estimate of drug-likeness (QED) is 0.888. The molecular formula is C18H15ClN2O4. The summed E-state index contributed by atoms with van der Waals surface area (Å²) in [6.45, 7) is 0.479. The van der Waals surface area contributed by atoms with Gasteiger partial charge in [-0.2, -0.15) is 5.26 Å². The Morgan fingerprint density at radius 1 is 1.32 bits per heavy atom. The second-order valence-corrected chi connectivity index (χ2v) is 5.75. The summed E-state index contributed by atoms with van der Waals surface area (Å²) in [4.78, 5) is 11.9. The summed E-state index contributed by atoms with van der Waals surface area (Å²) < 4.78 is 16.7. The highest BCUT2D eigenvalue weighted by molar-refractivity contribution is 6.32. The minimum atomic E-state index is -0.303. The number of benzene rings is 2. The van der Waals surface area contributed by atoms with Crippen molar-refractivity contribution in [1.82, 2.24) is 5.32 Å². The Hall–Kier alpha value is -2.91. The lowest BCUT2D eigenvalue weighted by Crippen LogP contribution is -2.42. The molecule has 0 saturated carbocycles. The van der Waals surface area contributed by atoms with E-state index in [9.17, 15) is 4.79 Å². The Balaban J connectivity index is 1.45. The number of carbonyl (C=O) groups excluding carboxylic acids is 1. The van der Waals surface area contributed by atoms with E-state index in [1.807, 2.05) is 30.3 Å². The van der Waals surface area contributed by atoms with Gasteiger partial charge in [-0.15, -0.1) is 0 Å². The van der Waals surface area contributed by atoms with Crippen LogP contribution in [0.2, 0.25) is 5.02 Å². The fraction of sp³-hybridized carbons (Fsp3) is 0.222. The molecule has 0 radical (unpaired) electrons. The maximum absolute atomic E-state index is 11.9. The third-order valence-electron chi connectivity index (χ3n) is 3.51. The van der Waals surface area contributed by atoms with Crippen LogP contribution in [0.15, 0.2) is 42.5 Å². The molecule has 128 valence electrons. The van der Waals surface area contributed by atoms with E-state index in [-0.39, 0.29) is 23.6 Å². The molecule has 1 amide bonds. The molecule has 1 atom stereocenters. The average molecular weight is 359 g/mol. The number of amides is 1. The normalized spacial score (nSPS) is 15.1. The average Bonchev–Trinajstić information content (AvgIpc) is 2.65. The third-order valence-corrected chi connectivity index (χ3v) is 3.81. The number of nitriles is 1. The highest BCUT2D eigenvalue weighted by Gasteiger charge is 2.21. The SMILES string of the molecule is N#Cc1ccc(OCC(=O)NC[C@H]2COc3ccccc3O2)c(Cl)c1. The Morgan fingerprint density at radius 2 is 2.12 bits per heavy atom. The number of fused-ring (bicyclic) bond motifs is 1. The lowest BCUT2D eigenvalue weighted by atomic mass is 10.2. The van der Waals surface area contributed by atoms with Crippen molar-refractivity contribution >= 4 is 17.5 Å². The number of hydrogen-bond acceptors (Lipinski definition) is 5. The van der Waals surface area contributed by atoms with Crippen molar-refractivity contribution in [3.05, 3.63) is 53.1 Å². The molecular weight excluding hydrogens is 344 g/mol. The van der Waals surface area contributed by atoms with E-state index >= 15 is 0 Å². The topological polar surface area (TPSA) is 80.6 Å². The van der Waals surface area contributed by atoms with Crippen molar-refractivity contribution in [2.45, 2.75) is 6.10 Å². The van der Waals surface area contributed by atoms with Gasteiger partial charge in [-0.25, -0.2) is 0 Å². The predicted molar refractivity (Wildman–Crippen MR) is 91.0 cm³/mol. The first-order chi connectivity index (χ1) is 12.2. The molecule has 1 heterocycles. The number of nitrogens with one attached hydrogen (secondary N) is 1. The maximum atomic E-state index is 11.9. The molecule has 3 rings (SSSR count). The number of carbonyl (C=O) groups is 1. The zero-order valence-corrected chi connectivity index (χ0v) is 14.0. The molecule has 0 fully saturated rings. The van der Waals surface area contributed by atoms with E-state index in [1.54, 1.807) is 12.1 Å². The zero-order valence-electron chi connectivity index (χ0n) is 13.2. The molecule has 0 aromatic heterocycles. The summed E-state index contributed by atoms with van der Waals surface area (Å²) in [7, 11) is 0. The molecule has 1 N–H and O–H groups in total. The van der Waals surface area contributed by atoms with E-state index in [0.29, 0.717) is 36.0 Å². The van der Waals surface area contributed by atoms with Crippen molar-refractivity contribution in [3.8, 4) is 23.3 Å². The van der Waals surface area contributed by atoms with Gasteiger partial charge in [-0.05, 0) is 30.3 Å². The van der Waals surface area contributed by atoms with Crippen LogP contribution in [-0.2, 0) is 4.79 Å². The fourth-order valence-electron chi connectivity index (χ4n) is 2.27. The van der Waals surface area contributed by atoms with Crippen LogP contribution in [0.5, 0.6) is 17.2 Å². The van der Waals surface area contributed by atoms with Crippen LogP contribution in [0.25, 0.3) is 0 Å². The van der Waals surface area contributed by atoms with Crippen molar-refractivity contribution in [1.29, 1.82) is 5.26 Å². The van der Waals surface area contributed by atoms with E-state index in [0.717, 1.165) is 0 Å². The molecule has 7 heteroatoms. The monoisotopic (exact) mass is 358 g/mol. The first-order valence-corrected chi connectivity index (χ1v) is 8.01. The Labute approximate surface area is 149 Å².